The molecule has 0 spiro atoms. The maximum absolute atomic E-state index is 8.90. The van der Waals surface area contributed by atoms with Gasteiger partial charge in [-0.25, -0.2) is 0 Å². The molecular formula is C23H29N3O. The highest BCUT2D eigenvalue weighted by Gasteiger charge is 2.32. The minimum absolute atomic E-state index is 0.341. The van der Waals surface area contributed by atoms with Crippen LogP contribution in [0, 0.1) is 11.3 Å². The van der Waals surface area contributed by atoms with Crippen LogP contribution in [0.25, 0.3) is 0 Å². The third-order valence-corrected chi connectivity index (χ3v) is 5.36. The van der Waals surface area contributed by atoms with Gasteiger partial charge in [0.25, 0.3) is 0 Å². The number of methoxy groups -OCH3 is 1. The molecule has 2 aromatic carbocycles. The molecule has 0 amide bonds. The quantitative estimate of drug-likeness (QED) is 0.711. The summed E-state index contributed by atoms with van der Waals surface area (Å²) >= 11 is 0. The third kappa shape index (κ3) is 5.09. The molecule has 0 unspecified atom stereocenters. The van der Waals surface area contributed by atoms with Crippen molar-refractivity contribution in [2.45, 2.75) is 44.3 Å². The van der Waals surface area contributed by atoms with Crippen LogP contribution in [-0.2, 0) is 6.54 Å². The second-order valence-corrected chi connectivity index (χ2v) is 7.09. The first-order valence-corrected chi connectivity index (χ1v) is 9.84. The summed E-state index contributed by atoms with van der Waals surface area (Å²) < 4.78 is 5.50. The van der Waals surface area contributed by atoms with Crippen molar-refractivity contribution in [3.05, 3.63) is 65.7 Å². The van der Waals surface area contributed by atoms with Gasteiger partial charge in [-0.05, 0) is 44.0 Å². The zero-order valence-electron chi connectivity index (χ0n) is 16.1. The van der Waals surface area contributed by atoms with Crippen molar-refractivity contribution in [1.29, 1.82) is 5.26 Å². The molecule has 1 aliphatic rings. The SMILES string of the molecule is COc1ccccc1CN[C@H]1CCCN(CCCC#N)[C@H]1c1ccccc1. The van der Waals surface area contributed by atoms with E-state index in [9.17, 15) is 0 Å². The molecule has 0 aliphatic carbocycles. The average Bonchev–Trinajstić information content (AvgIpc) is 2.73. The average molecular weight is 364 g/mol. The number of hydrogen-bond acceptors (Lipinski definition) is 4. The van der Waals surface area contributed by atoms with Gasteiger partial charge in [0, 0.05) is 24.6 Å². The molecular weight excluding hydrogens is 334 g/mol. The van der Waals surface area contributed by atoms with Gasteiger partial charge in [0.1, 0.15) is 5.75 Å². The Bertz CT molecular complexity index is 741. The second kappa shape index (κ2) is 10.1. The number of nitrogens with zero attached hydrogens (tertiary/aromatic N) is 2. The second-order valence-electron chi connectivity index (χ2n) is 7.09. The van der Waals surface area contributed by atoms with Gasteiger partial charge in [0.15, 0.2) is 0 Å². The van der Waals surface area contributed by atoms with Gasteiger partial charge >= 0.3 is 0 Å². The Hall–Kier alpha value is -2.35. The van der Waals surface area contributed by atoms with Crippen LogP contribution >= 0.6 is 0 Å². The molecule has 0 saturated carbocycles. The lowest BCUT2D eigenvalue weighted by atomic mass is 9.89. The molecule has 1 fully saturated rings. The first-order valence-electron chi connectivity index (χ1n) is 9.84. The highest BCUT2D eigenvalue weighted by Crippen LogP contribution is 2.32. The van der Waals surface area contributed by atoms with E-state index in [1.807, 2.05) is 12.1 Å². The number of benzene rings is 2. The van der Waals surface area contributed by atoms with Crippen LogP contribution < -0.4 is 10.1 Å². The topological polar surface area (TPSA) is 48.3 Å². The summed E-state index contributed by atoms with van der Waals surface area (Å²) in [4.78, 5) is 2.55. The predicted molar refractivity (Wildman–Crippen MR) is 108 cm³/mol. The van der Waals surface area contributed by atoms with E-state index in [1.165, 1.54) is 17.5 Å². The van der Waals surface area contributed by atoms with Gasteiger partial charge in [-0.2, -0.15) is 5.26 Å². The summed E-state index contributed by atoms with van der Waals surface area (Å²) in [6.07, 6.45) is 3.89. The maximum Gasteiger partial charge on any atom is 0.123 e. The van der Waals surface area contributed by atoms with Crippen LogP contribution in [0.3, 0.4) is 0 Å². The first kappa shape index (κ1) is 19.4. The molecule has 2 atom stereocenters. The fourth-order valence-electron chi connectivity index (χ4n) is 4.07. The number of para-hydroxylation sites is 1. The van der Waals surface area contributed by atoms with Gasteiger partial charge in [0.2, 0.25) is 0 Å². The van der Waals surface area contributed by atoms with Crippen molar-refractivity contribution >= 4 is 0 Å². The fourth-order valence-corrected chi connectivity index (χ4v) is 4.07. The lowest BCUT2D eigenvalue weighted by Gasteiger charge is -2.42. The summed E-state index contributed by atoms with van der Waals surface area (Å²) in [5, 5.41) is 12.7. The molecule has 2 aromatic rings. The molecule has 0 bridgehead atoms. The van der Waals surface area contributed by atoms with Gasteiger partial charge in [-0.15, -0.1) is 0 Å². The maximum atomic E-state index is 8.90. The van der Waals surface area contributed by atoms with Crippen molar-refractivity contribution in [3.63, 3.8) is 0 Å². The molecule has 0 aromatic heterocycles. The zero-order chi connectivity index (χ0) is 18.9. The van der Waals surface area contributed by atoms with E-state index in [2.05, 4.69) is 58.8 Å². The normalized spacial score (nSPS) is 20.1. The van der Waals surface area contributed by atoms with E-state index in [-0.39, 0.29) is 0 Å². The van der Waals surface area contributed by atoms with Crippen LogP contribution in [0.5, 0.6) is 5.75 Å². The third-order valence-electron chi connectivity index (χ3n) is 5.36. The van der Waals surface area contributed by atoms with E-state index in [1.54, 1.807) is 7.11 Å². The Morgan fingerprint density at radius 1 is 1.15 bits per heavy atom. The van der Waals surface area contributed by atoms with E-state index < -0.39 is 0 Å². The summed E-state index contributed by atoms with van der Waals surface area (Å²) in [6, 6.07) is 22.0. The molecule has 3 rings (SSSR count). The number of ether oxygens (including phenoxy) is 1. The number of piperidine rings is 1. The van der Waals surface area contributed by atoms with Crippen LogP contribution in [0.2, 0.25) is 0 Å². The largest absolute Gasteiger partial charge is 0.496 e. The molecule has 1 N–H and O–H groups in total. The summed E-state index contributed by atoms with van der Waals surface area (Å²) in [6.45, 7) is 2.86. The lowest BCUT2D eigenvalue weighted by molar-refractivity contribution is 0.110. The minimum atomic E-state index is 0.341. The van der Waals surface area contributed by atoms with Crippen LogP contribution in [0.1, 0.15) is 42.9 Å². The van der Waals surface area contributed by atoms with Crippen LogP contribution in [0.4, 0.5) is 0 Å². The molecule has 142 valence electrons. The Labute approximate surface area is 162 Å². The van der Waals surface area contributed by atoms with Crippen LogP contribution in [-0.4, -0.2) is 31.1 Å². The Morgan fingerprint density at radius 3 is 2.70 bits per heavy atom. The molecule has 27 heavy (non-hydrogen) atoms. The first-order chi connectivity index (χ1) is 13.3. The van der Waals surface area contributed by atoms with Crippen molar-refractivity contribution in [1.82, 2.24) is 10.2 Å². The highest BCUT2D eigenvalue weighted by atomic mass is 16.5. The van der Waals surface area contributed by atoms with E-state index >= 15 is 0 Å². The summed E-state index contributed by atoms with van der Waals surface area (Å²) in [7, 11) is 1.73. The molecule has 1 heterocycles. The van der Waals surface area contributed by atoms with Gasteiger partial charge in [-0.3, -0.25) is 4.90 Å². The summed E-state index contributed by atoms with van der Waals surface area (Å²) in [5.41, 5.74) is 2.54. The molecule has 4 heteroatoms. The molecule has 1 aliphatic heterocycles. The van der Waals surface area contributed by atoms with Gasteiger partial charge in [0.05, 0.1) is 19.2 Å². The van der Waals surface area contributed by atoms with Crippen LogP contribution in [0.15, 0.2) is 54.6 Å². The monoisotopic (exact) mass is 363 g/mol. The summed E-state index contributed by atoms with van der Waals surface area (Å²) in [5.74, 6) is 0.933. The van der Waals surface area contributed by atoms with Crippen molar-refractivity contribution in [2.75, 3.05) is 20.2 Å². The van der Waals surface area contributed by atoms with Crippen molar-refractivity contribution in [3.8, 4) is 11.8 Å². The number of likely N-dealkylation sites (tertiary alicyclic amines) is 1. The molecule has 0 radical (unpaired) electrons. The molecule has 4 nitrogen and oxygen atoms in total. The number of nitriles is 1. The highest BCUT2D eigenvalue weighted by molar-refractivity contribution is 5.33. The minimum Gasteiger partial charge on any atom is -0.496 e. The van der Waals surface area contributed by atoms with Gasteiger partial charge in [-0.1, -0.05) is 48.5 Å². The van der Waals surface area contributed by atoms with E-state index in [0.29, 0.717) is 18.5 Å². The Morgan fingerprint density at radius 2 is 1.93 bits per heavy atom. The fraction of sp³-hybridized carbons (Fsp3) is 0.435. The lowest BCUT2D eigenvalue weighted by Crippen LogP contribution is -2.48. The number of unbranched alkanes of at least 4 members (excludes halogenated alkanes) is 1. The van der Waals surface area contributed by atoms with Gasteiger partial charge < -0.3 is 10.1 Å². The number of hydrogen-bond donors (Lipinski definition) is 1. The number of nitrogens with one attached hydrogen (secondary N) is 1. The van der Waals surface area contributed by atoms with Crippen molar-refractivity contribution in [2.24, 2.45) is 0 Å². The zero-order valence-corrected chi connectivity index (χ0v) is 16.1. The Kier molecular flexibility index (Phi) is 7.27. The molecule has 1 saturated heterocycles. The van der Waals surface area contributed by atoms with Crippen molar-refractivity contribution < 1.29 is 4.74 Å². The predicted octanol–water partition coefficient (Wildman–Crippen LogP) is 4.29. The standard InChI is InChI=1S/C23H29N3O/c1-27-22-14-6-5-12-20(22)18-25-21-13-9-17-26(16-8-7-15-24)23(21)19-10-3-2-4-11-19/h2-6,10-12,14,21,23,25H,7-9,13,16-18H2,1H3/t21-,23-/m0/s1. The van der Waals surface area contributed by atoms with E-state index in [4.69, 9.17) is 10.00 Å². The Balaban J connectivity index is 1.75. The van der Waals surface area contributed by atoms with E-state index in [0.717, 1.165) is 38.2 Å². The smallest absolute Gasteiger partial charge is 0.123 e. The number of rotatable bonds is 8.